The van der Waals surface area contributed by atoms with Crippen molar-refractivity contribution in [1.82, 2.24) is 4.90 Å². The summed E-state index contributed by atoms with van der Waals surface area (Å²) in [5.74, 6) is 0.150. The van der Waals surface area contributed by atoms with E-state index in [9.17, 15) is 4.79 Å². The summed E-state index contributed by atoms with van der Waals surface area (Å²) in [7, 11) is 1.70. The van der Waals surface area contributed by atoms with Crippen molar-refractivity contribution in [2.75, 3.05) is 13.7 Å². The minimum atomic E-state index is 0.150. The molecule has 1 amide bonds. The zero-order valence-electron chi connectivity index (χ0n) is 7.33. The molecule has 0 aliphatic carbocycles. The van der Waals surface area contributed by atoms with E-state index in [1.54, 1.807) is 14.0 Å². The highest BCUT2D eigenvalue weighted by Gasteiger charge is 2.30. The molecule has 1 saturated heterocycles. The maximum Gasteiger partial charge on any atom is 0.219 e. The number of hydrogen-bond donors (Lipinski definition) is 0. The van der Waals surface area contributed by atoms with E-state index >= 15 is 0 Å². The van der Waals surface area contributed by atoms with Crippen LogP contribution in [0.1, 0.15) is 20.3 Å². The Balaban J connectivity index is 2.51. The first-order valence-electron chi connectivity index (χ1n) is 3.95. The molecular weight excluding hydrogens is 142 g/mol. The van der Waals surface area contributed by atoms with Crippen molar-refractivity contribution in [3.63, 3.8) is 0 Å². The van der Waals surface area contributed by atoms with E-state index in [-0.39, 0.29) is 12.0 Å². The zero-order chi connectivity index (χ0) is 8.43. The Morgan fingerprint density at radius 1 is 1.64 bits per heavy atom. The number of carbonyl (C=O) groups is 1. The second-order valence-electron chi connectivity index (χ2n) is 3.11. The van der Waals surface area contributed by atoms with Crippen molar-refractivity contribution < 1.29 is 9.53 Å². The average molecular weight is 157 g/mol. The fourth-order valence-corrected chi connectivity index (χ4v) is 1.59. The molecule has 1 aliphatic heterocycles. The molecule has 64 valence electrons. The Bertz CT molecular complexity index is 158. The van der Waals surface area contributed by atoms with Gasteiger partial charge >= 0.3 is 0 Å². The highest BCUT2D eigenvalue weighted by Crippen LogP contribution is 2.18. The molecular formula is C8H15NO2. The molecule has 2 atom stereocenters. The number of likely N-dealkylation sites (tertiary alicyclic amines) is 1. The molecule has 1 unspecified atom stereocenters. The van der Waals surface area contributed by atoms with E-state index in [1.807, 2.05) is 4.90 Å². The predicted molar refractivity (Wildman–Crippen MR) is 42.3 cm³/mol. The van der Waals surface area contributed by atoms with Gasteiger partial charge in [0.1, 0.15) is 0 Å². The van der Waals surface area contributed by atoms with Crippen LogP contribution in [-0.2, 0) is 9.53 Å². The Kier molecular flexibility index (Phi) is 2.49. The van der Waals surface area contributed by atoms with Crippen LogP contribution >= 0.6 is 0 Å². The van der Waals surface area contributed by atoms with Crippen LogP contribution in [0.2, 0.25) is 0 Å². The summed E-state index contributed by atoms with van der Waals surface area (Å²) in [4.78, 5) is 12.8. The van der Waals surface area contributed by atoms with Gasteiger partial charge in [-0.15, -0.1) is 0 Å². The third-order valence-electron chi connectivity index (χ3n) is 2.27. The van der Waals surface area contributed by atoms with Gasteiger partial charge in [-0.2, -0.15) is 0 Å². The monoisotopic (exact) mass is 157 g/mol. The fraction of sp³-hybridized carbons (Fsp3) is 0.875. The molecule has 11 heavy (non-hydrogen) atoms. The van der Waals surface area contributed by atoms with Crippen LogP contribution < -0.4 is 0 Å². The van der Waals surface area contributed by atoms with Gasteiger partial charge in [0.15, 0.2) is 0 Å². The highest BCUT2D eigenvalue weighted by molar-refractivity contribution is 5.73. The molecule has 1 aliphatic rings. The summed E-state index contributed by atoms with van der Waals surface area (Å²) in [5, 5.41) is 0. The normalized spacial score (nSPS) is 31.0. The van der Waals surface area contributed by atoms with Crippen molar-refractivity contribution in [2.45, 2.75) is 32.4 Å². The summed E-state index contributed by atoms with van der Waals surface area (Å²) in [6.45, 7) is 4.42. The molecule has 0 radical (unpaired) electrons. The lowest BCUT2D eigenvalue weighted by Crippen LogP contribution is -2.32. The first-order valence-corrected chi connectivity index (χ1v) is 3.95. The van der Waals surface area contributed by atoms with Gasteiger partial charge in [0.25, 0.3) is 0 Å². The number of hydrogen-bond acceptors (Lipinski definition) is 2. The molecule has 1 heterocycles. The van der Waals surface area contributed by atoms with Gasteiger partial charge in [0, 0.05) is 26.6 Å². The van der Waals surface area contributed by atoms with Gasteiger partial charge < -0.3 is 9.64 Å². The van der Waals surface area contributed by atoms with Gasteiger partial charge in [-0.1, -0.05) is 0 Å². The van der Waals surface area contributed by atoms with Crippen molar-refractivity contribution >= 4 is 5.91 Å². The highest BCUT2D eigenvalue weighted by atomic mass is 16.5. The number of amides is 1. The lowest BCUT2D eigenvalue weighted by molar-refractivity contribution is -0.129. The summed E-state index contributed by atoms with van der Waals surface area (Å²) in [6.07, 6.45) is 1.21. The second kappa shape index (κ2) is 3.22. The van der Waals surface area contributed by atoms with E-state index in [0.717, 1.165) is 13.0 Å². The molecule has 0 bridgehead atoms. The predicted octanol–water partition coefficient (Wildman–Crippen LogP) is 0.642. The lowest BCUT2D eigenvalue weighted by atomic mass is 10.2. The van der Waals surface area contributed by atoms with Crippen molar-refractivity contribution in [3.8, 4) is 0 Å². The van der Waals surface area contributed by atoms with Gasteiger partial charge in [-0.25, -0.2) is 0 Å². The van der Waals surface area contributed by atoms with Crippen LogP contribution in [0.5, 0.6) is 0 Å². The molecule has 3 nitrogen and oxygen atoms in total. The Morgan fingerprint density at radius 3 is 2.55 bits per heavy atom. The van der Waals surface area contributed by atoms with E-state index in [1.165, 1.54) is 0 Å². The Hall–Kier alpha value is -0.570. The lowest BCUT2D eigenvalue weighted by Gasteiger charge is -2.18. The van der Waals surface area contributed by atoms with E-state index in [4.69, 9.17) is 4.74 Å². The first kappa shape index (κ1) is 8.53. The Labute approximate surface area is 67.3 Å². The smallest absolute Gasteiger partial charge is 0.219 e. The van der Waals surface area contributed by atoms with Gasteiger partial charge in [-0.3, -0.25) is 4.79 Å². The van der Waals surface area contributed by atoms with Crippen LogP contribution in [0.3, 0.4) is 0 Å². The number of methoxy groups -OCH3 is 1. The summed E-state index contributed by atoms with van der Waals surface area (Å²) in [5.41, 5.74) is 0. The largest absolute Gasteiger partial charge is 0.380 e. The second-order valence-corrected chi connectivity index (χ2v) is 3.11. The molecule has 0 aromatic carbocycles. The molecule has 0 aromatic heterocycles. The fourth-order valence-electron chi connectivity index (χ4n) is 1.59. The van der Waals surface area contributed by atoms with E-state index < -0.39 is 0 Å². The third kappa shape index (κ3) is 1.71. The van der Waals surface area contributed by atoms with Crippen LogP contribution in [-0.4, -0.2) is 36.6 Å². The van der Waals surface area contributed by atoms with Crippen LogP contribution in [0, 0.1) is 0 Å². The minimum absolute atomic E-state index is 0.150. The van der Waals surface area contributed by atoms with Crippen molar-refractivity contribution in [2.24, 2.45) is 0 Å². The third-order valence-corrected chi connectivity index (χ3v) is 2.27. The maximum atomic E-state index is 11.0. The van der Waals surface area contributed by atoms with E-state index in [2.05, 4.69) is 6.92 Å². The molecule has 1 rings (SSSR count). The zero-order valence-corrected chi connectivity index (χ0v) is 7.33. The quantitative estimate of drug-likeness (QED) is 0.559. The molecule has 0 N–H and O–H groups in total. The summed E-state index contributed by atoms with van der Waals surface area (Å²) >= 11 is 0. The number of carbonyl (C=O) groups excluding carboxylic acids is 1. The van der Waals surface area contributed by atoms with Gasteiger partial charge in [0.05, 0.1) is 6.10 Å². The molecule has 1 fully saturated rings. The van der Waals surface area contributed by atoms with Gasteiger partial charge in [0.2, 0.25) is 5.91 Å². The Morgan fingerprint density at radius 2 is 2.27 bits per heavy atom. The van der Waals surface area contributed by atoms with Crippen LogP contribution in [0.25, 0.3) is 0 Å². The summed E-state index contributed by atoms with van der Waals surface area (Å²) in [6, 6.07) is 0.345. The van der Waals surface area contributed by atoms with Crippen molar-refractivity contribution in [1.29, 1.82) is 0 Å². The molecule has 0 saturated carbocycles. The number of nitrogens with zero attached hydrogens (tertiary/aromatic N) is 1. The average Bonchev–Trinajstić information content (AvgIpc) is 2.30. The standard InChI is InChI=1S/C8H15NO2/c1-6-4-8(11-3)5-9(6)7(2)10/h6,8H,4-5H2,1-3H3/t6?,8-/m1/s1. The molecule has 0 aromatic rings. The number of rotatable bonds is 1. The summed E-state index contributed by atoms with van der Waals surface area (Å²) < 4.78 is 5.17. The topological polar surface area (TPSA) is 29.5 Å². The van der Waals surface area contributed by atoms with Crippen LogP contribution in [0.4, 0.5) is 0 Å². The maximum absolute atomic E-state index is 11.0. The van der Waals surface area contributed by atoms with E-state index in [0.29, 0.717) is 6.04 Å². The van der Waals surface area contributed by atoms with Crippen molar-refractivity contribution in [3.05, 3.63) is 0 Å². The first-order chi connectivity index (χ1) is 5.15. The molecule has 3 heteroatoms. The number of ether oxygens (including phenoxy) is 1. The van der Waals surface area contributed by atoms with Crippen LogP contribution in [0.15, 0.2) is 0 Å². The minimum Gasteiger partial charge on any atom is -0.380 e. The van der Waals surface area contributed by atoms with Gasteiger partial charge in [-0.05, 0) is 13.3 Å². The SMILES string of the molecule is CO[C@@H]1CC(C)N(C(C)=O)C1. The molecule has 0 spiro atoms.